The SMILES string of the molecule is CC1CC(Oc2ccc(S(=O)(=O)Cl)cn2)CC(C)(C)C1. The lowest BCUT2D eigenvalue weighted by atomic mass is 9.71. The standard InChI is InChI=1S/C14H20ClNO3S/c1-10-6-11(8-14(2,3)7-10)19-13-5-4-12(9-16-13)20(15,17)18/h4-5,9-11H,6-8H2,1-3H3. The highest BCUT2D eigenvalue weighted by molar-refractivity contribution is 8.13. The summed E-state index contributed by atoms with van der Waals surface area (Å²) in [5.74, 6) is 1.07. The molecule has 20 heavy (non-hydrogen) atoms. The normalized spacial score (nSPS) is 26.2. The van der Waals surface area contributed by atoms with Gasteiger partial charge in [0.25, 0.3) is 9.05 Å². The van der Waals surface area contributed by atoms with Gasteiger partial charge in [0.1, 0.15) is 11.0 Å². The minimum atomic E-state index is -3.73. The number of aromatic nitrogens is 1. The number of pyridine rings is 1. The molecule has 1 aliphatic rings. The molecule has 0 bridgehead atoms. The number of nitrogens with zero attached hydrogens (tertiary/aromatic N) is 1. The third-order valence-corrected chi connectivity index (χ3v) is 4.96. The summed E-state index contributed by atoms with van der Waals surface area (Å²) in [6.07, 6.45) is 4.54. The maximum Gasteiger partial charge on any atom is 0.262 e. The van der Waals surface area contributed by atoms with Gasteiger partial charge in [-0.1, -0.05) is 20.8 Å². The van der Waals surface area contributed by atoms with E-state index in [-0.39, 0.29) is 16.4 Å². The Morgan fingerprint density at radius 1 is 1.35 bits per heavy atom. The van der Waals surface area contributed by atoms with Gasteiger partial charge in [-0.15, -0.1) is 0 Å². The maximum absolute atomic E-state index is 11.1. The van der Waals surface area contributed by atoms with Crippen molar-refractivity contribution in [3.05, 3.63) is 18.3 Å². The zero-order valence-corrected chi connectivity index (χ0v) is 13.5. The van der Waals surface area contributed by atoms with E-state index in [1.54, 1.807) is 6.07 Å². The van der Waals surface area contributed by atoms with Crippen LogP contribution in [0.3, 0.4) is 0 Å². The molecule has 0 aliphatic heterocycles. The summed E-state index contributed by atoms with van der Waals surface area (Å²) in [6, 6.07) is 2.98. The van der Waals surface area contributed by atoms with Crippen molar-refractivity contribution in [1.29, 1.82) is 0 Å². The quantitative estimate of drug-likeness (QED) is 0.799. The first-order valence-electron chi connectivity index (χ1n) is 6.73. The molecule has 1 aromatic heterocycles. The van der Waals surface area contributed by atoms with Crippen LogP contribution in [0, 0.1) is 11.3 Å². The predicted molar refractivity (Wildman–Crippen MR) is 78.5 cm³/mol. The Hall–Kier alpha value is -0.810. The molecule has 1 heterocycles. The number of hydrogen-bond acceptors (Lipinski definition) is 4. The van der Waals surface area contributed by atoms with E-state index in [4.69, 9.17) is 15.4 Å². The Morgan fingerprint density at radius 3 is 2.55 bits per heavy atom. The summed E-state index contributed by atoms with van der Waals surface area (Å²) in [7, 11) is 1.52. The van der Waals surface area contributed by atoms with E-state index >= 15 is 0 Å². The van der Waals surface area contributed by atoms with Crippen molar-refractivity contribution in [2.75, 3.05) is 0 Å². The zero-order valence-electron chi connectivity index (χ0n) is 12.0. The average Bonchev–Trinajstić information content (AvgIpc) is 2.25. The molecule has 1 saturated carbocycles. The van der Waals surface area contributed by atoms with Crippen LogP contribution in [0.25, 0.3) is 0 Å². The lowest BCUT2D eigenvalue weighted by molar-refractivity contribution is 0.0532. The largest absolute Gasteiger partial charge is 0.474 e. The molecule has 0 amide bonds. The fourth-order valence-electron chi connectivity index (χ4n) is 3.10. The van der Waals surface area contributed by atoms with Gasteiger partial charge in [-0.05, 0) is 36.7 Å². The van der Waals surface area contributed by atoms with E-state index in [1.165, 1.54) is 18.7 Å². The third-order valence-electron chi connectivity index (χ3n) is 3.62. The summed E-state index contributed by atoms with van der Waals surface area (Å²) in [5.41, 5.74) is 0.266. The third kappa shape index (κ3) is 4.09. The first-order valence-corrected chi connectivity index (χ1v) is 9.04. The van der Waals surface area contributed by atoms with E-state index in [1.807, 2.05) is 0 Å². The van der Waals surface area contributed by atoms with E-state index in [0.29, 0.717) is 11.8 Å². The number of rotatable bonds is 3. The first kappa shape index (κ1) is 15.6. The second-order valence-corrected chi connectivity index (χ2v) is 8.99. The number of halogens is 1. The van der Waals surface area contributed by atoms with Gasteiger partial charge in [0.2, 0.25) is 5.88 Å². The molecule has 2 atom stereocenters. The van der Waals surface area contributed by atoms with E-state index in [0.717, 1.165) is 12.8 Å². The molecule has 0 N–H and O–H groups in total. The molecule has 1 aromatic rings. The Balaban J connectivity index is 2.07. The Bertz CT molecular complexity index is 569. The van der Waals surface area contributed by atoms with Crippen molar-refractivity contribution in [1.82, 2.24) is 4.98 Å². The van der Waals surface area contributed by atoms with Gasteiger partial charge < -0.3 is 4.74 Å². The molecule has 4 nitrogen and oxygen atoms in total. The van der Waals surface area contributed by atoms with Crippen LogP contribution >= 0.6 is 10.7 Å². The number of ether oxygens (including phenoxy) is 1. The van der Waals surface area contributed by atoms with E-state index < -0.39 is 9.05 Å². The van der Waals surface area contributed by atoms with Crippen LogP contribution < -0.4 is 4.74 Å². The average molecular weight is 318 g/mol. The first-order chi connectivity index (χ1) is 9.16. The highest BCUT2D eigenvalue weighted by Gasteiger charge is 2.33. The minimum Gasteiger partial charge on any atom is -0.474 e. The fraction of sp³-hybridized carbons (Fsp3) is 0.643. The molecule has 0 saturated heterocycles. The van der Waals surface area contributed by atoms with E-state index in [2.05, 4.69) is 25.8 Å². The molecule has 112 valence electrons. The van der Waals surface area contributed by atoms with Crippen molar-refractivity contribution < 1.29 is 13.2 Å². The van der Waals surface area contributed by atoms with Crippen molar-refractivity contribution >= 4 is 19.7 Å². The Morgan fingerprint density at radius 2 is 2.05 bits per heavy atom. The van der Waals surface area contributed by atoms with Crippen molar-refractivity contribution in [3.8, 4) is 5.88 Å². The molecular formula is C14H20ClNO3S. The molecule has 0 spiro atoms. The summed E-state index contributed by atoms with van der Waals surface area (Å²) >= 11 is 0. The molecule has 0 aromatic carbocycles. The van der Waals surface area contributed by atoms with Crippen LogP contribution in [0.5, 0.6) is 5.88 Å². The van der Waals surface area contributed by atoms with Crippen molar-refractivity contribution in [2.24, 2.45) is 11.3 Å². The van der Waals surface area contributed by atoms with Crippen molar-refractivity contribution in [2.45, 2.75) is 51.0 Å². The monoisotopic (exact) mass is 317 g/mol. The minimum absolute atomic E-state index is 0.0103. The smallest absolute Gasteiger partial charge is 0.262 e. The van der Waals surface area contributed by atoms with Crippen LogP contribution in [0.1, 0.15) is 40.0 Å². The Labute approximate surface area is 124 Å². The summed E-state index contributed by atoms with van der Waals surface area (Å²) in [6.45, 7) is 6.72. The van der Waals surface area contributed by atoms with Gasteiger partial charge in [0, 0.05) is 16.7 Å². The van der Waals surface area contributed by atoms with Gasteiger partial charge in [0.15, 0.2) is 0 Å². The van der Waals surface area contributed by atoms with Gasteiger partial charge in [-0.25, -0.2) is 13.4 Å². The molecule has 2 unspecified atom stereocenters. The topological polar surface area (TPSA) is 56.3 Å². The van der Waals surface area contributed by atoms with Crippen LogP contribution in [0.15, 0.2) is 23.2 Å². The van der Waals surface area contributed by atoms with E-state index in [9.17, 15) is 8.42 Å². The highest BCUT2D eigenvalue weighted by Crippen LogP contribution is 2.39. The second-order valence-electron chi connectivity index (χ2n) is 6.42. The van der Waals surface area contributed by atoms with Crippen LogP contribution in [0.4, 0.5) is 0 Å². The molecule has 1 fully saturated rings. The van der Waals surface area contributed by atoms with Crippen molar-refractivity contribution in [3.63, 3.8) is 0 Å². The van der Waals surface area contributed by atoms with Crippen LogP contribution in [0.2, 0.25) is 0 Å². The van der Waals surface area contributed by atoms with Gasteiger partial charge in [-0.3, -0.25) is 0 Å². The predicted octanol–water partition coefficient (Wildman–Crippen LogP) is 3.60. The molecule has 0 radical (unpaired) electrons. The van der Waals surface area contributed by atoms with Gasteiger partial charge in [0.05, 0.1) is 6.20 Å². The summed E-state index contributed by atoms with van der Waals surface area (Å²) < 4.78 is 28.2. The maximum atomic E-state index is 11.1. The summed E-state index contributed by atoms with van der Waals surface area (Å²) in [4.78, 5) is 4.02. The number of hydrogen-bond donors (Lipinski definition) is 0. The zero-order chi connectivity index (χ0) is 15.0. The highest BCUT2D eigenvalue weighted by atomic mass is 35.7. The van der Waals surface area contributed by atoms with Crippen LogP contribution in [-0.4, -0.2) is 19.5 Å². The fourth-order valence-corrected chi connectivity index (χ4v) is 3.78. The lowest BCUT2D eigenvalue weighted by Crippen LogP contribution is -2.34. The Kier molecular flexibility index (Phi) is 4.30. The molecule has 1 aliphatic carbocycles. The van der Waals surface area contributed by atoms with Gasteiger partial charge >= 0.3 is 0 Å². The van der Waals surface area contributed by atoms with Gasteiger partial charge in [-0.2, -0.15) is 0 Å². The second kappa shape index (κ2) is 5.53. The summed E-state index contributed by atoms with van der Waals surface area (Å²) in [5, 5.41) is 0. The molecule has 2 rings (SSSR count). The molecular weight excluding hydrogens is 298 g/mol. The van der Waals surface area contributed by atoms with Crippen LogP contribution in [-0.2, 0) is 9.05 Å². The lowest BCUT2D eigenvalue weighted by Gasteiger charge is -2.38. The molecule has 6 heteroatoms.